The average Bonchev–Trinajstić information content (AvgIpc) is 2.33. The summed E-state index contributed by atoms with van der Waals surface area (Å²) in [7, 11) is 0. The number of nitrogens with zero attached hydrogens (tertiary/aromatic N) is 1. The largest absolute Gasteiger partial charge is 0.329 e. The van der Waals surface area contributed by atoms with Gasteiger partial charge in [-0.3, -0.25) is 4.90 Å². The molecule has 0 radical (unpaired) electrons. The SMILES string of the molecule is NCC1C=CCCN1Cc1ccc(Cl)cc1. The first-order chi connectivity index (χ1) is 7.79. The fraction of sp³-hybridized carbons (Fsp3) is 0.385. The molecule has 1 unspecified atom stereocenters. The zero-order valence-electron chi connectivity index (χ0n) is 9.27. The van der Waals surface area contributed by atoms with Crippen molar-refractivity contribution in [3.63, 3.8) is 0 Å². The Balaban J connectivity index is 2.03. The molecule has 1 aromatic carbocycles. The molecule has 0 saturated carbocycles. The van der Waals surface area contributed by atoms with Gasteiger partial charge in [-0.05, 0) is 24.1 Å². The van der Waals surface area contributed by atoms with E-state index in [4.69, 9.17) is 17.3 Å². The summed E-state index contributed by atoms with van der Waals surface area (Å²) in [6.45, 7) is 2.72. The predicted octanol–water partition coefficient (Wildman–Crippen LogP) is 2.43. The van der Waals surface area contributed by atoms with Crippen LogP contribution in [0.5, 0.6) is 0 Å². The van der Waals surface area contributed by atoms with E-state index in [9.17, 15) is 0 Å². The zero-order valence-corrected chi connectivity index (χ0v) is 10.0. The summed E-state index contributed by atoms with van der Waals surface area (Å²) in [5.41, 5.74) is 7.05. The van der Waals surface area contributed by atoms with Gasteiger partial charge < -0.3 is 5.73 Å². The highest BCUT2D eigenvalue weighted by atomic mass is 35.5. The standard InChI is InChI=1S/C13H17ClN2/c14-12-6-4-11(5-7-12)10-16-8-2-1-3-13(16)9-15/h1,3-7,13H,2,8-10,15H2. The minimum absolute atomic E-state index is 0.379. The van der Waals surface area contributed by atoms with Gasteiger partial charge >= 0.3 is 0 Å². The molecule has 2 nitrogen and oxygen atoms in total. The molecule has 0 saturated heterocycles. The van der Waals surface area contributed by atoms with Gasteiger partial charge in [0, 0.05) is 30.7 Å². The Bertz CT molecular complexity index is 359. The third kappa shape index (κ3) is 2.85. The topological polar surface area (TPSA) is 29.3 Å². The van der Waals surface area contributed by atoms with E-state index in [0.29, 0.717) is 12.6 Å². The molecule has 0 spiro atoms. The van der Waals surface area contributed by atoms with Crippen LogP contribution in [0.3, 0.4) is 0 Å². The predicted molar refractivity (Wildman–Crippen MR) is 68.5 cm³/mol. The van der Waals surface area contributed by atoms with Gasteiger partial charge in [-0.25, -0.2) is 0 Å². The molecule has 1 aliphatic heterocycles. The Hall–Kier alpha value is -0.830. The molecule has 16 heavy (non-hydrogen) atoms. The molecule has 1 aromatic rings. The van der Waals surface area contributed by atoms with E-state index in [2.05, 4.69) is 29.2 Å². The molecular formula is C13H17ClN2. The summed E-state index contributed by atoms with van der Waals surface area (Å²) in [6.07, 6.45) is 5.54. The number of hydrogen-bond acceptors (Lipinski definition) is 2. The number of hydrogen-bond donors (Lipinski definition) is 1. The van der Waals surface area contributed by atoms with E-state index in [1.807, 2.05) is 12.1 Å². The maximum absolute atomic E-state index is 5.87. The Kier molecular flexibility index (Phi) is 3.99. The van der Waals surface area contributed by atoms with Gasteiger partial charge in [-0.2, -0.15) is 0 Å². The first-order valence-corrected chi connectivity index (χ1v) is 6.02. The van der Waals surface area contributed by atoms with Gasteiger partial charge in [0.15, 0.2) is 0 Å². The van der Waals surface area contributed by atoms with Crippen LogP contribution in [0.4, 0.5) is 0 Å². The Morgan fingerprint density at radius 2 is 2.06 bits per heavy atom. The highest BCUT2D eigenvalue weighted by molar-refractivity contribution is 6.30. The van der Waals surface area contributed by atoms with E-state index in [1.165, 1.54) is 5.56 Å². The molecule has 0 fully saturated rings. The Morgan fingerprint density at radius 3 is 2.75 bits per heavy atom. The maximum Gasteiger partial charge on any atom is 0.0406 e. The molecule has 3 heteroatoms. The minimum Gasteiger partial charge on any atom is -0.329 e. The van der Waals surface area contributed by atoms with Crippen molar-refractivity contribution in [3.05, 3.63) is 47.0 Å². The maximum atomic E-state index is 5.87. The number of nitrogens with two attached hydrogens (primary N) is 1. The Morgan fingerprint density at radius 1 is 1.31 bits per heavy atom. The molecular weight excluding hydrogens is 220 g/mol. The van der Waals surface area contributed by atoms with Gasteiger partial charge in [0.25, 0.3) is 0 Å². The molecule has 0 aliphatic carbocycles. The van der Waals surface area contributed by atoms with Crippen LogP contribution in [-0.4, -0.2) is 24.0 Å². The van der Waals surface area contributed by atoms with Crippen LogP contribution in [-0.2, 0) is 6.54 Å². The number of rotatable bonds is 3. The molecule has 86 valence electrons. The van der Waals surface area contributed by atoms with Gasteiger partial charge in [0.1, 0.15) is 0 Å². The molecule has 0 bridgehead atoms. The molecule has 0 aromatic heterocycles. The van der Waals surface area contributed by atoms with Crippen LogP contribution in [0.15, 0.2) is 36.4 Å². The lowest BCUT2D eigenvalue weighted by molar-refractivity contribution is 0.218. The highest BCUT2D eigenvalue weighted by Gasteiger charge is 2.16. The van der Waals surface area contributed by atoms with Gasteiger partial charge in [0.2, 0.25) is 0 Å². The fourth-order valence-corrected chi connectivity index (χ4v) is 2.16. The lowest BCUT2D eigenvalue weighted by Gasteiger charge is -2.31. The third-order valence-electron chi connectivity index (χ3n) is 2.95. The van der Waals surface area contributed by atoms with Crippen molar-refractivity contribution in [2.24, 2.45) is 5.73 Å². The molecule has 1 atom stereocenters. The summed E-state index contributed by atoms with van der Waals surface area (Å²) in [4.78, 5) is 2.41. The lowest BCUT2D eigenvalue weighted by Crippen LogP contribution is -2.41. The molecule has 2 rings (SSSR count). The third-order valence-corrected chi connectivity index (χ3v) is 3.20. The smallest absolute Gasteiger partial charge is 0.0406 e. The van der Waals surface area contributed by atoms with Crippen LogP contribution in [0.1, 0.15) is 12.0 Å². The van der Waals surface area contributed by atoms with E-state index >= 15 is 0 Å². The second kappa shape index (κ2) is 5.48. The summed E-state index contributed by atoms with van der Waals surface area (Å²) in [5.74, 6) is 0. The number of benzene rings is 1. The second-order valence-electron chi connectivity index (χ2n) is 4.12. The zero-order chi connectivity index (χ0) is 11.4. The van der Waals surface area contributed by atoms with Gasteiger partial charge in [-0.15, -0.1) is 0 Å². The lowest BCUT2D eigenvalue weighted by atomic mass is 10.1. The van der Waals surface area contributed by atoms with Crippen molar-refractivity contribution in [2.75, 3.05) is 13.1 Å². The molecule has 0 amide bonds. The quantitative estimate of drug-likeness (QED) is 0.817. The fourth-order valence-electron chi connectivity index (χ4n) is 2.03. The van der Waals surface area contributed by atoms with Gasteiger partial charge in [-0.1, -0.05) is 35.9 Å². The van der Waals surface area contributed by atoms with Crippen molar-refractivity contribution in [1.29, 1.82) is 0 Å². The van der Waals surface area contributed by atoms with E-state index < -0.39 is 0 Å². The normalized spacial score (nSPS) is 21.2. The van der Waals surface area contributed by atoms with Crippen molar-refractivity contribution in [3.8, 4) is 0 Å². The summed E-state index contributed by atoms with van der Waals surface area (Å²) >= 11 is 5.87. The highest BCUT2D eigenvalue weighted by Crippen LogP contribution is 2.15. The van der Waals surface area contributed by atoms with Crippen LogP contribution >= 0.6 is 11.6 Å². The molecule has 2 N–H and O–H groups in total. The molecule has 1 aliphatic rings. The Labute approximate surface area is 102 Å². The van der Waals surface area contributed by atoms with Gasteiger partial charge in [0.05, 0.1) is 0 Å². The van der Waals surface area contributed by atoms with Crippen molar-refractivity contribution in [2.45, 2.75) is 19.0 Å². The average molecular weight is 237 g/mol. The van der Waals surface area contributed by atoms with E-state index in [1.54, 1.807) is 0 Å². The van der Waals surface area contributed by atoms with E-state index in [-0.39, 0.29) is 0 Å². The summed E-state index contributed by atoms with van der Waals surface area (Å²) in [5, 5.41) is 0.790. The monoisotopic (exact) mass is 236 g/mol. The van der Waals surface area contributed by atoms with Crippen LogP contribution < -0.4 is 5.73 Å². The van der Waals surface area contributed by atoms with Crippen molar-refractivity contribution < 1.29 is 0 Å². The number of halogens is 1. The first-order valence-electron chi connectivity index (χ1n) is 5.65. The second-order valence-corrected chi connectivity index (χ2v) is 4.55. The summed E-state index contributed by atoms with van der Waals surface area (Å²) < 4.78 is 0. The van der Waals surface area contributed by atoms with Crippen molar-refractivity contribution in [1.82, 2.24) is 4.90 Å². The minimum atomic E-state index is 0.379. The van der Waals surface area contributed by atoms with E-state index in [0.717, 1.165) is 24.5 Å². The van der Waals surface area contributed by atoms with Crippen LogP contribution in [0.25, 0.3) is 0 Å². The van der Waals surface area contributed by atoms with Crippen LogP contribution in [0.2, 0.25) is 5.02 Å². The molecule has 1 heterocycles. The first kappa shape index (κ1) is 11.6. The summed E-state index contributed by atoms with van der Waals surface area (Å²) in [6, 6.07) is 8.41. The van der Waals surface area contributed by atoms with Crippen LogP contribution in [0, 0.1) is 0 Å². The van der Waals surface area contributed by atoms with Crippen molar-refractivity contribution >= 4 is 11.6 Å².